The van der Waals surface area contributed by atoms with E-state index >= 15 is 0 Å². The van der Waals surface area contributed by atoms with E-state index < -0.39 is 6.03 Å². The molecule has 0 radical (unpaired) electrons. The number of carbonyl (C=O) groups is 2. The Kier molecular flexibility index (Phi) is 7.02. The van der Waals surface area contributed by atoms with Gasteiger partial charge in [0.05, 0.1) is 6.54 Å². The molecule has 1 rings (SSSR count). The molecule has 4 N–H and O–H groups in total. The first-order chi connectivity index (χ1) is 9.62. The van der Waals surface area contributed by atoms with Crippen molar-refractivity contribution in [3.05, 3.63) is 5.82 Å². The smallest absolute Gasteiger partial charge is 0.321 e. The summed E-state index contributed by atoms with van der Waals surface area (Å²) in [7, 11) is 1.46. The monoisotopic (exact) mass is 300 g/mol. The van der Waals surface area contributed by atoms with Gasteiger partial charge in [0.1, 0.15) is 5.82 Å². The van der Waals surface area contributed by atoms with Crippen LogP contribution in [-0.2, 0) is 17.9 Å². The van der Waals surface area contributed by atoms with Gasteiger partial charge in [-0.25, -0.2) is 4.79 Å². The molecule has 9 heteroatoms. The Bertz CT molecular complexity index is 462. The molecule has 0 aliphatic carbocycles. The van der Waals surface area contributed by atoms with Crippen LogP contribution in [0.1, 0.15) is 25.6 Å². The molecular weight excluding hydrogens is 280 g/mol. The van der Waals surface area contributed by atoms with Crippen molar-refractivity contribution in [3.63, 3.8) is 0 Å². The fraction of sp³-hybridized carbons (Fsp3) is 0.636. The molecule has 1 aromatic heterocycles. The number of hydrogen-bond acceptors (Lipinski definition) is 6. The van der Waals surface area contributed by atoms with Crippen LogP contribution in [0.15, 0.2) is 5.16 Å². The van der Waals surface area contributed by atoms with E-state index in [1.165, 1.54) is 18.8 Å². The number of imide groups is 1. The second-order valence-corrected chi connectivity index (χ2v) is 5.04. The Morgan fingerprint density at radius 3 is 2.75 bits per heavy atom. The number of thioether (sulfide) groups is 1. The Morgan fingerprint density at radius 1 is 1.40 bits per heavy atom. The van der Waals surface area contributed by atoms with Crippen molar-refractivity contribution < 1.29 is 9.59 Å². The number of aromatic nitrogens is 3. The number of nitrogens with one attached hydrogen (secondary N) is 2. The molecule has 0 atom stereocenters. The van der Waals surface area contributed by atoms with E-state index in [0.29, 0.717) is 12.3 Å². The van der Waals surface area contributed by atoms with Gasteiger partial charge in [0, 0.05) is 25.8 Å². The van der Waals surface area contributed by atoms with E-state index in [1.807, 2.05) is 4.57 Å². The predicted molar refractivity (Wildman–Crippen MR) is 76.1 cm³/mol. The van der Waals surface area contributed by atoms with Crippen molar-refractivity contribution in [2.75, 3.05) is 12.8 Å². The first-order valence-electron chi connectivity index (χ1n) is 6.38. The van der Waals surface area contributed by atoms with Crippen molar-refractivity contribution in [2.45, 2.75) is 38.0 Å². The molecule has 0 saturated carbocycles. The van der Waals surface area contributed by atoms with Crippen molar-refractivity contribution >= 4 is 23.7 Å². The lowest BCUT2D eigenvalue weighted by molar-refractivity contribution is -0.119. The second kappa shape index (κ2) is 8.54. The van der Waals surface area contributed by atoms with E-state index in [9.17, 15) is 9.59 Å². The molecule has 0 saturated heterocycles. The first-order valence-corrected chi connectivity index (χ1v) is 7.37. The number of nitrogens with zero attached hydrogens (tertiary/aromatic N) is 3. The third-order valence-corrected chi connectivity index (χ3v) is 3.43. The Hall–Kier alpha value is -1.61. The predicted octanol–water partition coefficient (Wildman–Crippen LogP) is 0.0846. The van der Waals surface area contributed by atoms with Crippen LogP contribution in [0.2, 0.25) is 0 Å². The highest BCUT2D eigenvalue weighted by atomic mass is 32.2. The topological polar surface area (TPSA) is 115 Å². The number of amides is 3. The van der Waals surface area contributed by atoms with E-state index in [2.05, 4.69) is 27.8 Å². The van der Waals surface area contributed by atoms with Crippen LogP contribution >= 0.6 is 11.8 Å². The zero-order valence-electron chi connectivity index (χ0n) is 11.7. The van der Waals surface area contributed by atoms with Gasteiger partial charge in [0.2, 0.25) is 5.91 Å². The highest BCUT2D eigenvalue weighted by molar-refractivity contribution is 7.99. The molecule has 0 unspecified atom stereocenters. The summed E-state index contributed by atoms with van der Waals surface area (Å²) in [5, 5.41) is 13.4. The molecule has 1 aromatic rings. The summed E-state index contributed by atoms with van der Waals surface area (Å²) in [5.41, 5.74) is 5.60. The average molecular weight is 300 g/mol. The van der Waals surface area contributed by atoms with E-state index in [0.717, 1.165) is 23.9 Å². The third kappa shape index (κ3) is 4.82. The summed E-state index contributed by atoms with van der Waals surface area (Å²) in [6.45, 7) is 3.20. The quantitative estimate of drug-likeness (QED) is 0.615. The Morgan fingerprint density at radius 2 is 2.15 bits per heavy atom. The fourth-order valence-electron chi connectivity index (χ4n) is 1.51. The zero-order valence-corrected chi connectivity index (χ0v) is 12.5. The normalized spacial score (nSPS) is 10.3. The van der Waals surface area contributed by atoms with E-state index in [-0.39, 0.29) is 12.3 Å². The standard InChI is InChI=1S/C11H20N6O2S/c1-3-5-17-8(7-12)15-16-11(17)20-6-4-9(18)14-10(19)13-2/h3-7,12H2,1-2H3,(H2,13,14,18,19). The average Bonchev–Trinajstić information content (AvgIpc) is 2.81. The fourth-order valence-corrected chi connectivity index (χ4v) is 2.43. The molecule has 20 heavy (non-hydrogen) atoms. The van der Waals surface area contributed by atoms with Gasteiger partial charge in [0.15, 0.2) is 5.16 Å². The number of nitrogens with two attached hydrogens (primary N) is 1. The van der Waals surface area contributed by atoms with Gasteiger partial charge < -0.3 is 15.6 Å². The lowest BCUT2D eigenvalue weighted by Crippen LogP contribution is -2.37. The summed E-state index contributed by atoms with van der Waals surface area (Å²) < 4.78 is 1.96. The minimum atomic E-state index is -0.500. The van der Waals surface area contributed by atoms with E-state index in [4.69, 9.17) is 5.73 Å². The van der Waals surface area contributed by atoms with Gasteiger partial charge in [-0.2, -0.15) is 0 Å². The third-order valence-electron chi connectivity index (χ3n) is 2.46. The number of carbonyl (C=O) groups excluding carboxylic acids is 2. The summed E-state index contributed by atoms with van der Waals surface area (Å²) in [5.74, 6) is 0.941. The summed E-state index contributed by atoms with van der Waals surface area (Å²) >= 11 is 1.43. The SMILES string of the molecule is CCCn1c(CN)nnc1SCCC(=O)NC(=O)NC. The molecule has 0 aliphatic rings. The molecular formula is C11H20N6O2S. The lowest BCUT2D eigenvalue weighted by Gasteiger charge is -2.07. The van der Waals surface area contributed by atoms with Crippen LogP contribution in [0.4, 0.5) is 4.79 Å². The van der Waals surface area contributed by atoms with Crippen LogP contribution in [0.5, 0.6) is 0 Å². The largest absolute Gasteiger partial charge is 0.341 e. The van der Waals surface area contributed by atoms with Crippen LogP contribution in [0.3, 0.4) is 0 Å². The molecule has 8 nitrogen and oxygen atoms in total. The van der Waals surface area contributed by atoms with Gasteiger partial charge in [-0.3, -0.25) is 10.1 Å². The Balaban J connectivity index is 2.47. The first kappa shape index (κ1) is 16.4. The van der Waals surface area contributed by atoms with E-state index in [1.54, 1.807) is 0 Å². The minimum absolute atomic E-state index is 0.231. The van der Waals surface area contributed by atoms with Crippen LogP contribution < -0.4 is 16.4 Å². The second-order valence-electron chi connectivity index (χ2n) is 3.98. The number of rotatable bonds is 7. The van der Waals surface area contributed by atoms with Gasteiger partial charge in [0.25, 0.3) is 0 Å². The molecule has 3 amide bonds. The minimum Gasteiger partial charge on any atom is -0.341 e. The summed E-state index contributed by atoms with van der Waals surface area (Å²) in [6, 6.07) is -0.500. The van der Waals surface area contributed by atoms with Crippen LogP contribution in [0.25, 0.3) is 0 Å². The van der Waals surface area contributed by atoms with Crippen molar-refractivity contribution in [2.24, 2.45) is 5.73 Å². The van der Waals surface area contributed by atoms with Gasteiger partial charge >= 0.3 is 6.03 Å². The maximum atomic E-state index is 11.4. The van der Waals surface area contributed by atoms with Crippen molar-refractivity contribution in [3.8, 4) is 0 Å². The molecule has 1 heterocycles. The highest BCUT2D eigenvalue weighted by Gasteiger charge is 2.12. The zero-order chi connectivity index (χ0) is 15.0. The maximum absolute atomic E-state index is 11.4. The molecule has 112 valence electrons. The highest BCUT2D eigenvalue weighted by Crippen LogP contribution is 2.18. The molecule has 0 fully saturated rings. The van der Waals surface area contributed by atoms with Crippen LogP contribution in [-0.4, -0.2) is 39.5 Å². The maximum Gasteiger partial charge on any atom is 0.321 e. The molecule has 0 aromatic carbocycles. The van der Waals surface area contributed by atoms with Crippen molar-refractivity contribution in [1.82, 2.24) is 25.4 Å². The summed E-state index contributed by atoms with van der Waals surface area (Å²) in [4.78, 5) is 22.4. The van der Waals surface area contributed by atoms with Gasteiger partial charge in [-0.1, -0.05) is 18.7 Å². The number of hydrogen-bond donors (Lipinski definition) is 3. The Labute approximate surface area is 121 Å². The molecule has 0 spiro atoms. The number of urea groups is 1. The van der Waals surface area contributed by atoms with Crippen LogP contribution in [0, 0.1) is 0 Å². The molecule has 0 aliphatic heterocycles. The molecule has 0 bridgehead atoms. The summed E-state index contributed by atoms with van der Waals surface area (Å²) in [6.07, 6.45) is 1.19. The van der Waals surface area contributed by atoms with Crippen molar-refractivity contribution in [1.29, 1.82) is 0 Å². The van der Waals surface area contributed by atoms with Gasteiger partial charge in [-0.15, -0.1) is 10.2 Å². The van der Waals surface area contributed by atoms with Gasteiger partial charge in [-0.05, 0) is 6.42 Å². The lowest BCUT2D eigenvalue weighted by atomic mass is 10.4.